The zero-order chi connectivity index (χ0) is 4.99. The van der Waals surface area contributed by atoms with Crippen molar-refractivity contribution in [3.8, 4) is 0 Å². The van der Waals surface area contributed by atoms with Gasteiger partial charge in [0.2, 0.25) is 0 Å². The maximum atomic E-state index is 2.31. The fourth-order valence-corrected chi connectivity index (χ4v) is 0.866. The Morgan fingerprint density at radius 2 is 2.17 bits per heavy atom. The molecule has 0 rings (SSSR count). The molecule has 1 unspecified atom stereocenters. The monoisotopic (exact) mass is 102 g/mol. The molecule has 0 saturated carbocycles. The van der Waals surface area contributed by atoms with E-state index in [4.69, 9.17) is 0 Å². The molecule has 0 aromatic heterocycles. The third-order valence-electron chi connectivity index (χ3n) is 1.39. The van der Waals surface area contributed by atoms with E-state index in [0.29, 0.717) is 0 Å². The van der Waals surface area contributed by atoms with Crippen molar-refractivity contribution in [1.29, 1.82) is 0 Å². The van der Waals surface area contributed by atoms with Crippen molar-refractivity contribution >= 4 is 10.2 Å². The summed E-state index contributed by atoms with van der Waals surface area (Å²) >= 11 is 0. The first kappa shape index (κ1) is 6.22. The molecule has 1 heteroatoms. The molecule has 0 spiro atoms. The Hall–Kier alpha value is 0.217. The summed E-state index contributed by atoms with van der Waals surface area (Å²) in [4.78, 5) is 0. The van der Waals surface area contributed by atoms with Crippen molar-refractivity contribution in [2.24, 2.45) is 5.92 Å². The van der Waals surface area contributed by atoms with Crippen LogP contribution in [-0.2, 0) is 0 Å². The van der Waals surface area contributed by atoms with Gasteiger partial charge < -0.3 is 0 Å². The van der Waals surface area contributed by atoms with E-state index in [1.54, 1.807) is 0 Å². The normalized spacial score (nSPS) is 15.0. The van der Waals surface area contributed by atoms with E-state index in [0.717, 1.165) is 5.92 Å². The largest absolute Gasteiger partial charge is 0.0651 e. The molecule has 0 heterocycles. The van der Waals surface area contributed by atoms with Crippen LogP contribution in [0.25, 0.3) is 0 Å². The van der Waals surface area contributed by atoms with Crippen molar-refractivity contribution in [3.63, 3.8) is 0 Å². The molecular weight excluding hydrogens is 88.1 g/mol. The van der Waals surface area contributed by atoms with E-state index in [-0.39, 0.29) is 0 Å². The standard InChI is InChI=1S/C5H14Si/c1-3-5(2)4-6/h5H,3-4H2,1-2,6H3. The molecule has 0 saturated heterocycles. The maximum absolute atomic E-state index is 2.31. The van der Waals surface area contributed by atoms with E-state index in [2.05, 4.69) is 13.8 Å². The van der Waals surface area contributed by atoms with E-state index in [9.17, 15) is 0 Å². The van der Waals surface area contributed by atoms with Gasteiger partial charge in [-0.05, 0) is 5.92 Å². The topological polar surface area (TPSA) is 0 Å². The van der Waals surface area contributed by atoms with Crippen LogP contribution < -0.4 is 0 Å². The Balaban J connectivity index is 2.75. The van der Waals surface area contributed by atoms with Gasteiger partial charge in [-0.25, -0.2) is 0 Å². The van der Waals surface area contributed by atoms with Crippen LogP contribution in [0.1, 0.15) is 20.3 Å². The van der Waals surface area contributed by atoms with Crippen LogP contribution in [0.15, 0.2) is 0 Å². The molecule has 0 aliphatic heterocycles. The lowest BCUT2D eigenvalue weighted by atomic mass is 10.2. The maximum Gasteiger partial charge on any atom is 0.00313 e. The van der Waals surface area contributed by atoms with Crippen LogP contribution in [0.5, 0.6) is 0 Å². The zero-order valence-electron chi connectivity index (χ0n) is 4.99. The van der Waals surface area contributed by atoms with Crippen LogP contribution in [-0.4, -0.2) is 10.2 Å². The predicted octanol–water partition coefficient (Wildman–Crippen LogP) is 0.816. The van der Waals surface area contributed by atoms with Gasteiger partial charge in [0, 0.05) is 10.2 Å². The Labute approximate surface area is 43.4 Å². The Kier molecular flexibility index (Phi) is 3.53. The Morgan fingerprint density at radius 3 is 2.17 bits per heavy atom. The first-order valence-electron chi connectivity index (χ1n) is 2.81. The molecule has 0 nitrogen and oxygen atoms in total. The van der Waals surface area contributed by atoms with Crippen LogP contribution in [0.3, 0.4) is 0 Å². The molecule has 0 amide bonds. The molecule has 38 valence electrons. The van der Waals surface area contributed by atoms with Crippen LogP contribution in [0.2, 0.25) is 6.04 Å². The highest BCUT2D eigenvalue weighted by Crippen LogP contribution is 2.01. The summed E-state index contributed by atoms with van der Waals surface area (Å²) in [5, 5.41) is 0. The zero-order valence-corrected chi connectivity index (χ0v) is 6.99. The van der Waals surface area contributed by atoms with Gasteiger partial charge in [-0.15, -0.1) is 0 Å². The first-order chi connectivity index (χ1) is 2.81. The average molecular weight is 102 g/mol. The molecule has 0 aliphatic rings. The molecule has 0 fully saturated rings. The van der Waals surface area contributed by atoms with Gasteiger partial charge in [-0.2, -0.15) is 0 Å². The van der Waals surface area contributed by atoms with E-state index in [1.807, 2.05) is 0 Å². The lowest BCUT2D eigenvalue weighted by molar-refractivity contribution is 0.625. The third kappa shape index (κ3) is 2.45. The molecule has 0 aliphatic carbocycles. The SMILES string of the molecule is CCC(C)C[SiH3]. The summed E-state index contributed by atoms with van der Waals surface area (Å²) in [7, 11) is 1.38. The second kappa shape index (κ2) is 3.41. The number of hydrogen-bond donors (Lipinski definition) is 0. The van der Waals surface area contributed by atoms with Crippen molar-refractivity contribution in [2.75, 3.05) is 0 Å². The minimum absolute atomic E-state index is 0.997. The molecule has 6 heavy (non-hydrogen) atoms. The van der Waals surface area contributed by atoms with Crippen molar-refractivity contribution in [2.45, 2.75) is 26.3 Å². The van der Waals surface area contributed by atoms with Crippen molar-refractivity contribution < 1.29 is 0 Å². The summed E-state index contributed by atoms with van der Waals surface area (Å²) in [6.45, 7) is 4.57. The summed E-state index contributed by atoms with van der Waals surface area (Å²) < 4.78 is 0. The summed E-state index contributed by atoms with van der Waals surface area (Å²) in [6.07, 6.45) is 1.36. The van der Waals surface area contributed by atoms with Crippen molar-refractivity contribution in [3.05, 3.63) is 0 Å². The number of rotatable bonds is 2. The average Bonchev–Trinajstić information content (AvgIpc) is 1.65. The second-order valence-corrected chi connectivity index (χ2v) is 2.74. The van der Waals surface area contributed by atoms with Gasteiger partial charge in [0.1, 0.15) is 0 Å². The number of hydrogen-bond acceptors (Lipinski definition) is 0. The van der Waals surface area contributed by atoms with Gasteiger partial charge in [-0.3, -0.25) is 0 Å². The summed E-state index contributed by atoms with van der Waals surface area (Å²) in [5.41, 5.74) is 0. The Bertz CT molecular complexity index is 23.1. The van der Waals surface area contributed by atoms with E-state index in [1.165, 1.54) is 22.7 Å². The minimum atomic E-state index is 0.997. The molecule has 0 bridgehead atoms. The predicted molar refractivity (Wildman–Crippen MR) is 34.2 cm³/mol. The molecule has 0 radical (unpaired) electrons. The van der Waals surface area contributed by atoms with E-state index >= 15 is 0 Å². The Morgan fingerprint density at radius 1 is 1.67 bits per heavy atom. The van der Waals surface area contributed by atoms with Gasteiger partial charge in [-0.1, -0.05) is 26.3 Å². The highest BCUT2D eigenvalue weighted by atomic mass is 28.1. The molecule has 0 aromatic rings. The molecular formula is C5H14Si. The van der Waals surface area contributed by atoms with Gasteiger partial charge >= 0.3 is 0 Å². The van der Waals surface area contributed by atoms with Gasteiger partial charge in [0.15, 0.2) is 0 Å². The van der Waals surface area contributed by atoms with Crippen LogP contribution in [0.4, 0.5) is 0 Å². The van der Waals surface area contributed by atoms with Gasteiger partial charge in [0.25, 0.3) is 0 Å². The highest BCUT2D eigenvalue weighted by Gasteiger charge is 1.88. The highest BCUT2D eigenvalue weighted by molar-refractivity contribution is 6.08. The summed E-state index contributed by atoms with van der Waals surface area (Å²) in [6, 6.07) is 1.47. The van der Waals surface area contributed by atoms with Crippen LogP contribution >= 0.6 is 0 Å². The lowest BCUT2D eigenvalue weighted by Gasteiger charge is -1.98. The fourth-order valence-electron chi connectivity index (χ4n) is 0.289. The lowest BCUT2D eigenvalue weighted by Crippen LogP contribution is -1.87. The smallest absolute Gasteiger partial charge is 0.00313 e. The fraction of sp³-hybridized carbons (Fsp3) is 1.00. The molecule has 1 atom stereocenters. The summed E-state index contributed by atoms with van der Waals surface area (Å²) in [5.74, 6) is 0.997. The van der Waals surface area contributed by atoms with E-state index < -0.39 is 0 Å². The third-order valence-corrected chi connectivity index (χ3v) is 2.79. The molecule has 0 N–H and O–H groups in total. The van der Waals surface area contributed by atoms with Crippen LogP contribution in [0, 0.1) is 5.92 Å². The molecule has 0 aromatic carbocycles. The van der Waals surface area contributed by atoms with Gasteiger partial charge in [0.05, 0.1) is 0 Å². The van der Waals surface area contributed by atoms with Crippen molar-refractivity contribution in [1.82, 2.24) is 0 Å². The quantitative estimate of drug-likeness (QED) is 0.453. The second-order valence-electron chi connectivity index (χ2n) is 1.92. The minimum Gasteiger partial charge on any atom is -0.0651 e. The first-order valence-corrected chi connectivity index (χ1v) is 4.22.